The van der Waals surface area contributed by atoms with E-state index < -0.39 is 0 Å². The van der Waals surface area contributed by atoms with Gasteiger partial charge >= 0.3 is 0 Å². The largest absolute Gasteiger partial charge is 0.314 e. The van der Waals surface area contributed by atoms with Crippen molar-refractivity contribution in [3.63, 3.8) is 0 Å². The molecule has 1 N–H and O–H groups in total. The molecule has 0 amide bonds. The van der Waals surface area contributed by atoms with Crippen molar-refractivity contribution in [3.8, 4) is 0 Å². The van der Waals surface area contributed by atoms with E-state index in [1.54, 1.807) is 12.1 Å². The number of rotatable bonds is 7. The maximum atomic E-state index is 13.2. The summed E-state index contributed by atoms with van der Waals surface area (Å²) < 4.78 is 14.2. The standard InChI is InChI=1S/C15H21BrFN/c1-2-18-15(11-6-7-11)5-3-4-12-10-13(17)8-9-14(12)16/h8-11,15,18H,2-7H2,1H3. The van der Waals surface area contributed by atoms with E-state index in [1.165, 1.54) is 25.3 Å². The lowest BCUT2D eigenvalue weighted by atomic mass is 10.0. The van der Waals surface area contributed by atoms with E-state index in [9.17, 15) is 4.39 Å². The summed E-state index contributed by atoms with van der Waals surface area (Å²) in [6.07, 6.45) is 6.02. The fourth-order valence-electron chi connectivity index (χ4n) is 2.51. The lowest BCUT2D eigenvalue weighted by molar-refractivity contribution is 0.434. The van der Waals surface area contributed by atoms with Crippen molar-refractivity contribution < 1.29 is 4.39 Å². The van der Waals surface area contributed by atoms with Crippen LogP contribution >= 0.6 is 15.9 Å². The molecule has 1 atom stereocenters. The van der Waals surface area contributed by atoms with Crippen LogP contribution in [0, 0.1) is 11.7 Å². The Morgan fingerprint density at radius 3 is 2.89 bits per heavy atom. The van der Waals surface area contributed by atoms with Gasteiger partial charge in [0, 0.05) is 10.5 Å². The van der Waals surface area contributed by atoms with Gasteiger partial charge in [-0.1, -0.05) is 22.9 Å². The predicted molar refractivity (Wildman–Crippen MR) is 77.2 cm³/mol. The van der Waals surface area contributed by atoms with E-state index >= 15 is 0 Å². The van der Waals surface area contributed by atoms with Gasteiger partial charge in [-0.2, -0.15) is 0 Å². The van der Waals surface area contributed by atoms with Crippen molar-refractivity contribution >= 4 is 15.9 Å². The third-order valence-corrected chi connectivity index (χ3v) is 4.40. The van der Waals surface area contributed by atoms with E-state index in [0.29, 0.717) is 6.04 Å². The summed E-state index contributed by atoms with van der Waals surface area (Å²) in [5, 5.41) is 3.57. The van der Waals surface area contributed by atoms with Crippen molar-refractivity contribution in [1.29, 1.82) is 0 Å². The van der Waals surface area contributed by atoms with Crippen molar-refractivity contribution in [1.82, 2.24) is 5.32 Å². The molecule has 1 aromatic rings. The maximum Gasteiger partial charge on any atom is 0.123 e. The highest BCUT2D eigenvalue weighted by atomic mass is 79.9. The average Bonchev–Trinajstić information content (AvgIpc) is 3.16. The summed E-state index contributed by atoms with van der Waals surface area (Å²) >= 11 is 3.49. The van der Waals surface area contributed by atoms with Crippen molar-refractivity contribution in [3.05, 3.63) is 34.1 Å². The van der Waals surface area contributed by atoms with E-state index in [0.717, 1.165) is 35.3 Å². The monoisotopic (exact) mass is 313 g/mol. The second-order valence-electron chi connectivity index (χ2n) is 5.13. The molecule has 1 nitrogen and oxygen atoms in total. The third kappa shape index (κ3) is 4.06. The van der Waals surface area contributed by atoms with E-state index in [1.807, 2.05) is 0 Å². The van der Waals surface area contributed by atoms with E-state index in [4.69, 9.17) is 0 Å². The van der Waals surface area contributed by atoms with Gasteiger partial charge in [-0.3, -0.25) is 0 Å². The van der Waals surface area contributed by atoms with Crippen LogP contribution < -0.4 is 5.32 Å². The molecule has 0 bridgehead atoms. The van der Waals surface area contributed by atoms with Crippen LogP contribution in [0.3, 0.4) is 0 Å². The Morgan fingerprint density at radius 1 is 1.44 bits per heavy atom. The Morgan fingerprint density at radius 2 is 2.22 bits per heavy atom. The van der Waals surface area contributed by atoms with Gasteiger partial charge in [0.05, 0.1) is 0 Å². The number of benzene rings is 1. The summed E-state index contributed by atoms with van der Waals surface area (Å²) in [4.78, 5) is 0. The fourth-order valence-corrected chi connectivity index (χ4v) is 2.96. The minimum Gasteiger partial charge on any atom is -0.314 e. The molecular weight excluding hydrogens is 293 g/mol. The first kappa shape index (κ1) is 14.0. The molecule has 2 rings (SSSR count). The van der Waals surface area contributed by atoms with Crippen LogP contribution in [0.5, 0.6) is 0 Å². The Bertz CT molecular complexity index is 390. The second-order valence-corrected chi connectivity index (χ2v) is 5.98. The Labute approximate surface area is 117 Å². The Balaban J connectivity index is 1.81. The molecule has 0 saturated heterocycles. The number of hydrogen-bond donors (Lipinski definition) is 1. The molecule has 1 saturated carbocycles. The molecule has 3 heteroatoms. The Kier molecular flexibility index (Phi) is 5.19. The highest BCUT2D eigenvalue weighted by Crippen LogP contribution is 2.34. The van der Waals surface area contributed by atoms with Gasteiger partial charge in [0.15, 0.2) is 0 Å². The smallest absolute Gasteiger partial charge is 0.123 e. The summed E-state index contributed by atoms with van der Waals surface area (Å²) in [6, 6.07) is 5.61. The first-order valence-corrected chi connectivity index (χ1v) is 7.67. The van der Waals surface area contributed by atoms with Gasteiger partial charge in [-0.05, 0) is 68.3 Å². The predicted octanol–water partition coefficient (Wildman–Crippen LogP) is 4.30. The average molecular weight is 314 g/mol. The highest BCUT2D eigenvalue weighted by Gasteiger charge is 2.29. The quantitative estimate of drug-likeness (QED) is 0.791. The van der Waals surface area contributed by atoms with Gasteiger partial charge in [-0.15, -0.1) is 0 Å². The zero-order valence-electron chi connectivity index (χ0n) is 10.9. The first-order chi connectivity index (χ1) is 8.70. The zero-order valence-corrected chi connectivity index (χ0v) is 12.5. The minimum absolute atomic E-state index is 0.140. The molecule has 0 spiro atoms. The van der Waals surface area contributed by atoms with Crippen LogP contribution in [0.4, 0.5) is 4.39 Å². The topological polar surface area (TPSA) is 12.0 Å². The molecule has 1 unspecified atom stereocenters. The number of nitrogens with one attached hydrogen (secondary N) is 1. The van der Waals surface area contributed by atoms with Crippen LogP contribution in [0.25, 0.3) is 0 Å². The van der Waals surface area contributed by atoms with Gasteiger partial charge in [0.2, 0.25) is 0 Å². The number of halogens is 2. The number of hydrogen-bond acceptors (Lipinski definition) is 1. The molecule has 0 radical (unpaired) electrons. The third-order valence-electron chi connectivity index (χ3n) is 3.63. The summed E-state index contributed by atoms with van der Waals surface area (Å²) in [5.74, 6) is 0.750. The van der Waals surface area contributed by atoms with Gasteiger partial charge in [-0.25, -0.2) is 4.39 Å². The van der Waals surface area contributed by atoms with Crippen LogP contribution in [0.15, 0.2) is 22.7 Å². The summed E-state index contributed by atoms with van der Waals surface area (Å²) in [6.45, 7) is 3.21. The first-order valence-electron chi connectivity index (χ1n) is 6.88. The van der Waals surface area contributed by atoms with Gasteiger partial charge in [0.25, 0.3) is 0 Å². The van der Waals surface area contributed by atoms with Crippen LogP contribution in [-0.4, -0.2) is 12.6 Å². The van der Waals surface area contributed by atoms with Crippen LogP contribution in [0.2, 0.25) is 0 Å². The number of aryl methyl sites for hydroxylation is 1. The maximum absolute atomic E-state index is 13.2. The van der Waals surface area contributed by atoms with E-state index in [-0.39, 0.29) is 5.82 Å². The Hall–Kier alpha value is -0.410. The van der Waals surface area contributed by atoms with Gasteiger partial charge in [0.1, 0.15) is 5.82 Å². The van der Waals surface area contributed by atoms with Crippen molar-refractivity contribution in [2.75, 3.05) is 6.54 Å². The molecule has 18 heavy (non-hydrogen) atoms. The SMILES string of the molecule is CCNC(CCCc1cc(F)ccc1Br)C1CC1. The van der Waals surface area contributed by atoms with E-state index in [2.05, 4.69) is 28.2 Å². The summed E-state index contributed by atoms with van der Waals surface area (Å²) in [7, 11) is 0. The highest BCUT2D eigenvalue weighted by molar-refractivity contribution is 9.10. The summed E-state index contributed by atoms with van der Waals surface area (Å²) in [5.41, 5.74) is 1.08. The lowest BCUT2D eigenvalue weighted by Gasteiger charge is -2.17. The molecule has 100 valence electrons. The molecule has 0 aliphatic heterocycles. The normalized spacial score (nSPS) is 16.8. The molecule has 1 fully saturated rings. The zero-order chi connectivity index (χ0) is 13.0. The van der Waals surface area contributed by atoms with Crippen LogP contribution in [-0.2, 0) is 6.42 Å². The van der Waals surface area contributed by atoms with Gasteiger partial charge < -0.3 is 5.32 Å². The minimum atomic E-state index is -0.140. The van der Waals surface area contributed by atoms with Crippen LogP contribution in [0.1, 0.15) is 38.2 Å². The molecular formula is C15H21BrFN. The lowest BCUT2D eigenvalue weighted by Crippen LogP contribution is -2.30. The molecule has 1 aliphatic rings. The second kappa shape index (κ2) is 6.67. The fraction of sp³-hybridized carbons (Fsp3) is 0.600. The molecule has 1 aliphatic carbocycles. The van der Waals surface area contributed by atoms with Crippen molar-refractivity contribution in [2.45, 2.75) is 45.1 Å². The molecule has 0 heterocycles. The van der Waals surface area contributed by atoms with Crippen molar-refractivity contribution in [2.24, 2.45) is 5.92 Å². The molecule has 1 aromatic carbocycles. The molecule has 0 aromatic heterocycles.